The summed E-state index contributed by atoms with van der Waals surface area (Å²) in [6.45, 7) is 2.87. The van der Waals surface area contributed by atoms with Gasteiger partial charge in [-0.2, -0.15) is 0 Å². The highest BCUT2D eigenvalue weighted by molar-refractivity contribution is 5.92. The van der Waals surface area contributed by atoms with Gasteiger partial charge in [-0.15, -0.1) is 0 Å². The standard InChI is InChI=1S/C26H25FN4O3/c1-25(20-8-3-2-4-9-20)26(34-24(33)31(25)18-19-7-5-6-10-21(19)27)11-15-30(16-12-26)23(32)22-17-28-13-14-29-22/h2-10,13-14,17H,11-12,15-16,18H2,1H3. The van der Waals surface area contributed by atoms with Crippen LogP contribution in [0.1, 0.15) is 41.4 Å². The fourth-order valence-electron chi connectivity index (χ4n) is 5.18. The van der Waals surface area contributed by atoms with Crippen molar-refractivity contribution >= 4 is 12.0 Å². The van der Waals surface area contributed by atoms with E-state index >= 15 is 0 Å². The van der Waals surface area contributed by atoms with Crippen molar-refractivity contribution in [3.8, 4) is 0 Å². The Balaban J connectivity index is 1.48. The zero-order valence-corrected chi connectivity index (χ0v) is 18.9. The van der Waals surface area contributed by atoms with Gasteiger partial charge in [0.05, 0.1) is 12.7 Å². The molecule has 2 amide bonds. The lowest BCUT2D eigenvalue weighted by atomic mass is 9.70. The van der Waals surface area contributed by atoms with Crippen molar-refractivity contribution in [3.63, 3.8) is 0 Å². The third kappa shape index (κ3) is 3.50. The second-order valence-electron chi connectivity index (χ2n) is 8.86. The van der Waals surface area contributed by atoms with Crippen LogP contribution in [0.25, 0.3) is 0 Å². The second kappa shape index (κ2) is 8.52. The van der Waals surface area contributed by atoms with E-state index in [1.807, 2.05) is 37.3 Å². The lowest BCUT2D eigenvalue weighted by Crippen LogP contribution is -2.58. The minimum atomic E-state index is -0.865. The summed E-state index contributed by atoms with van der Waals surface area (Å²) in [5.74, 6) is -0.562. The Hall–Kier alpha value is -3.81. The summed E-state index contributed by atoms with van der Waals surface area (Å²) in [7, 11) is 0. The highest BCUT2D eigenvalue weighted by Crippen LogP contribution is 2.52. The number of ether oxygens (including phenoxy) is 1. The second-order valence-corrected chi connectivity index (χ2v) is 8.86. The first kappa shape index (κ1) is 22.0. The molecule has 2 aliphatic rings. The minimum Gasteiger partial charge on any atom is -0.440 e. The number of carbonyl (C=O) groups is 2. The van der Waals surface area contributed by atoms with Crippen LogP contribution in [0.5, 0.6) is 0 Å². The van der Waals surface area contributed by atoms with Gasteiger partial charge >= 0.3 is 6.09 Å². The van der Waals surface area contributed by atoms with Crippen molar-refractivity contribution in [1.82, 2.24) is 19.8 Å². The van der Waals surface area contributed by atoms with Gasteiger partial charge < -0.3 is 9.64 Å². The quantitative estimate of drug-likeness (QED) is 0.585. The van der Waals surface area contributed by atoms with Crippen LogP contribution in [0.2, 0.25) is 0 Å². The Bertz CT molecular complexity index is 1200. The number of carbonyl (C=O) groups excluding carboxylic acids is 2. The minimum absolute atomic E-state index is 0.0842. The van der Waals surface area contributed by atoms with E-state index in [0.717, 1.165) is 5.56 Å². The number of aromatic nitrogens is 2. The molecule has 5 rings (SSSR count). The number of nitrogens with zero attached hydrogens (tertiary/aromatic N) is 4. The van der Waals surface area contributed by atoms with E-state index in [9.17, 15) is 14.0 Å². The molecule has 2 aromatic carbocycles. The largest absolute Gasteiger partial charge is 0.440 e. The molecule has 8 heteroatoms. The molecule has 1 spiro atoms. The Kier molecular flexibility index (Phi) is 5.51. The van der Waals surface area contributed by atoms with Crippen LogP contribution in [-0.4, -0.2) is 50.5 Å². The molecule has 0 saturated carbocycles. The summed E-state index contributed by atoms with van der Waals surface area (Å²) in [4.78, 5) is 37.6. The molecule has 0 bridgehead atoms. The van der Waals surface area contributed by atoms with Crippen LogP contribution in [0.4, 0.5) is 9.18 Å². The fourth-order valence-corrected chi connectivity index (χ4v) is 5.18. The first-order valence-electron chi connectivity index (χ1n) is 11.3. The van der Waals surface area contributed by atoms with E-state index in [2.05, 4.69) is 9.97 Å². The van der Waals surface area contributed by atoms with Crippen LogP contribution in [0.3, 0.4) is 0 Å². The summed E-state index contributed by atoms with van der Waals surface area (Å²) in [6, 6.07) is 16.2. The van der Waals surface area contributed by atoms with Gasteiger partial charge in [-0.25, -0.2) is 14.2 Å². The van der Waals surface area contributed by atoms with Crippen molar-refractivity contribution in [2.24, 2.45) is 0 Å². The number of rotatable bonds is 4. The first-order chi connectivity index (χ1) is 16.4. The van der Waals surface area contributed by atoms with Gasteiger partial charge in [-0.3, -0.25) is 14.7 Å². The Morgan fingerprint density at radius 2 is 1.76 bits per heavy atom. The van der Waals surface area contributed by atoms with Crippen molar-refractivity contribution in [3.05, 3.63) is 95.8 Å². The highest BCUT2D eigenvalue weighted by atomic mass is 19.1. The lowest BCUT2D eigenvalue weighted by Gasteiger charge is -2.48. The molecule has 1 aromatic heterocycles. The van der Waals surface area contributed by atoms with Crippen LogP contribution in [0.15, 0.2) is 73.2 Å². The molecule has 1 unspecified atom stereocenters. The van der Waals surface area contributed by atoms with E-state index in [0.29, 0.717) is 31.5 Å². The predicted octanol–water partition coefficient (Wildman–Crippen LogP) is 4.16. The van der Waals surface area contributed by atoms with Gasteiger partial charge in [0.25, 0.3) is 5.91 Å². The fraction of sp³-hybridized carbons (Fsp3) is 0.308. The molecule has 2 saturated heterocycles. The van der Waals surface area contributed by atoms with Crippen LogP contribution in [-0.2, 0) is 16.8 Å². The van der Waals surface area contributed by atoms with Gasteiger partial charge in [-0.05, 0) is 18.6 Å². The molecule has 2 fully saturated rings. The van der Waals surface area contributed by atoms with Gasteiger partial charge in [-0.1, -0.05) is 48.5 Å². The number of hydrogen-bond donors (Lipinski definition) is 0. The predicted molar refractivity (Wildman–Crippen MR) is 122 cm³/mol. The van der Waals surface area contributed by atoms with E-state index in [4.69, 9.17) is 4.74 Å². The number of halogens is 1. The van der Waals surface area contributed by atoms with E-state index in [-0.39, 0.29) is 24.0 Å². The van der Waals surface area contributed by atoms with Gasteiger partial charge in [0.15, 0.2) is 0 Å². The Morgan fingerprint density at radius 3 is 2.44 bits per heavy atom. The number of hydrogen-bond acceptors (Lipinski definition) is 5. The van der Waals surface area contributed by atoms with Gasteiger partial charge in [0, 0.05) is 43.9 Å². The molecular weight excluding hydrogens is 435 g/mol. The van der Waals surface area contributed by atoms with E-state index < -0.39 is 17.2 Å². The molecule has 0 radical (unpaired) electrons. The summed E-state index contributed by atoms with van der Waals surface area (Å²) < 4.78 is 20.6. The van der Waals surface area contributed by atoms with Crippen molar-refractivity contribution in [1.29, 1.82) is 0 Å². The zero-order valence-electron chi connectivity index (χ0n) is 18.9. The Labute approximate surface area is 197 Å². The summed E-state index contributed by atoms with van der Waals surface area (Å²) in [5, 5.41) is 0. The zero-order chi connectivity index (χ0) is 23.8. The van der Waals surface area contributed by atoms with Gasteiger partial charge in [0.2, 0.25) is 0 Å². The maximum atomic E-state index is 14.5. The van der Waals surface area contributed by atoms with E-state index in [1.165, 1.54) is 24.7 Å². The summed E-state index contributed by atoms with van der Waals surface area (Å²) >= 11 is 0. The first-order valence-corrected chi connectivity index (χ1v) is 11.3. The molecule has 7 nitrogen and oxygen atoms in total. The van der Waals surface area contributed by atoms with Crippen molar-refractivity contribution < 1.29 is 18.7 Å². The summed E-state index contributed by atoms with van der Waals surface area (Å²) in [6.07, 6.45) is 4.88. The number of benzene rings is 2. The molecular formula is C26H25FN4O3. The molecule has 0 aliphatic carbocycles. The molecule has 174 valence electrons. The maximum Gasteiger partial charge on any atom is 0.411 e. The maximum absolute atomic E-state index is 14.5. The molecule has 3 heterocycles. The third-order valence-corrected chi connectivity index (χ3v) is 7.19. The van der Waals surface area contributed by atoms with Crippen molar-refractivity contribution in [2.45, 2.75) is 37.5 Å². The van der Waals surface area contributed by atoms with Crippen LogP contribution < -0.4 is 0 Å². The normalized spacial score (nSPS) is 21.5. The molecule has 1 atom stereocenters. The molecule has 3 aromatic rings. The number of piperidine rings is 1. The highest BCUT2D eigenvalue weighted by Gasteiger charge is 2.63. The molecule has 34 heavy (non-hydrogen) atoms. The molecule has 0 N–H and O–H groups in total. The topological polar surface area (TPSA) is 75.6 Å². The SMILES string of the molecule is CC1(c2ccccc2)N(Cc2ccccc2F)C(=O)OC12CCN(C(=O)c1cnccn1)CC2. The molecule has 2 aliphatic heterocycles. The monoisotopic (exact) mass is 460 g/mol. The Morgan fingerprint density at radius 1 is 1.06 bits per heavy atom. The van der Waals surface area contributed by atoms with E-state index in [1.54, 1.807) is 28.0 Å². The smallest absolute Gasteiger partial charge is 0.411 e. The lowest BCUT2D eigenvalue weighted by molar-refractivity contribution is -0.0552. The van der Waals surface area contributed by atoms with Gasteiger partial charge in [0.1, 0.15) is 22.7 Å². The average molecular weight is 461 g/mol. The summed E-state index contributed by atoms with van der Waals surface area (Å²) in [5.41, 5.74) is -0.0980. The number of likely N-dealkylation sites (tertiary alicyclic amines) is 1. The average Bonchev–Trinajstić information content (AvgIpc) is 3.08. The number of amides is 2. The van der Waals surface area contributed by atoms with Crippen LogP contribution >= 0.6 is 0 Å². The van der Waals surface area contributed by atoms with Crippen molar-refractivity contribution in [2.75, 3.05) is 13.1 Å². The van der Waals surface area contributed by atoms with Crippen LogP contribution in [0, 0.1) is 5.82 Å². The third-order valence-electron chi connectivity index (χ3n) is 7.19.